The van der Waals surface area contributed by atoms with E-state index in [1.54, 1.807) is 6.08 Å². The van der Waals surface area contributed by atoms with Gasteiger partial charge < -0.3 is 19.9 Å². The summed E-state index contributed by atoms with van der Waals surface area (Å²) < 4.78 is 4.71. The van der Waals surface area contributed by atoms with Crippen LogP contribution in [0.3, 0.4) is 0 Å². The number of ether oxygens (including phenoxy) is 1. The molecule has 4 aromatic rings. The van der Waals surface area contributed by atoms with Crippen molar-refractivity contribution in [3.05, 3.63) is 113 Å². The number of aryl methyl sites for hydroxylation is 1. The van der Waals surface area contributed by atoms with Crippen molar-refractivity contribution in [2.45, 2.75) is 31.7 Å². The lowest BCUT2D eigenvalue weighted by molar-refractivity contribution is -0.134. The summed E-state index contributed by atoms with van der Waals surface area (Å²) in [5, 5.41) is 4.37. The van der Waals surface area contributed by atoms with Crippen LogP contribution in [0.15, 0.2) is 85.1 Å². The van der Waals surface area contributed by atoms with Crippen molar-refractivity contribution in [2.24, 2.45) is 0 Å². The first-order chi connectivity index (χ1) is 18.6. The van der Waals surface area contributed by atoms with Gasteiger partial charge in [0, 0.05) is 36.3 Å². The molecule has 38 heavy (non-hydrogen) atoms. The molecule has 5 rings (SSSR count). The predicted molar refractivity (Wildman–Crippen MR) is 151 cm³/mol. The van der Waals surface area contributed by atoms with Crippen LogP contribution in [0.5, 0.6) is 0 Å². The summed E-state index contributed by atoms with van der Waals surface area (Å²) in [6.07, 6.45) is 8.58. The Morgan fingerprint density at radius 1 is 1.05 bits per heavy atom. The monoisotopic (exact) mass is 507 g/mol. The summed E-state index contributed by atoms with van der Waals surface area (Å²) in [5.74, 6) is -0.376. The second-order valence-corrected chi connectivity index (χ2v) is 9.64. The van der Waals surface area contributed by atoms with Crippen LogP contribution in [0, 0.1) is 0 Å². The van der Waals surface area contributed by atoms with Crippen molar-refractivity contribution in [1.29, 1.82) is 0 Å². The average molecular weight is 508 g/mol. The lowest BCUT2D eigenvalue weighted by atomic mass is 10.0. The highest BCUT2D eigenvalue weighted by Gasteiger charge is 2.31. The lowest BCUT2D eigenvalue weighted by Gasteiger charge is -2.30. The van der Waals surface area contributed by atoms with Crippen LogP contribution in [0.4, 0.5) is 4.79 Å². The second-order valence-electron chi connectivity index (χ2n) is 9.64. The van der Waals surface area contributed by atoms with Gasteiger partial charge in [0.05, 0.1) is 13.2 Å². The highest BCUT2D eigenvalue weighted by molar-refractivity contribution is 5.87. The van der Waals surface area contributed by atoms with Gasteiger partial charge in [-0.1, -0.05) is 66.7 Å². The Hall–Kier alpha value is -4.32. The van der Waals surface area contributed by atoms with Gasteiger partial charge >= 0.3 is 12.0 Å². The summed E-state index contributed by atoms with van der Waals surface area (Å²) in [4.78, 5) is 30.4. The molecule has 194 valence electrons. The van der Waals surface area contributed by atoms with Crippen LogP contribution < -0.4 is 5.32 Å². The number of benzene rings is 3. The molecule has 0 saturated carbocycles. The van der Waals surface area contributed by atoms with Gasteiger partial charge in [0.2, 0.25) is 0 Å². The SMILES string of the molecule is COC(=O)C=Cc1ccc2c(c1)CCC2N(CCc1c[nH]c2ccccc12)C(=O)NCCc1ccccc1. The summed E-state index contributed by atoms with van der Waals surface area (Å²) in [6, 6.07) is 24.7. The summed E-state index contributed by atoms with van der Waals surface area (Å²) in [6.45, 7) is 1.20. The zero-order valence-electron chi connectivity index (χ0n) is 21.7. The highest BCUT2D eigenvalue weighted by Crippen LogP contribution is 2.37. The van der Waals surface area contributed by atoms with E-state index in [-0.39, 0.29) is 18.0 Å². The third-order valence-electron chi connectivity index (χ3n) is 7.29. The lowest BCUT2D eigenvalue weighted by Crippen LogP contribution is -2.43. The predicted octanol–water partition coefficient (Wildman–Crippen LogP) is 5.84. The standard InChI is InChI=1S/C32H33N3O3/c1-38-31(36)16-12-24-11-14-28-25(21-24)13-15-30(28)35(32(37)33-19-17-23-7-3-2-4-8-23)20-18-26-22-34-29-10-6-5-9-27(26)29/h2-12,14,16,21-22,30,34H,13,15,17-20H2,1H3,(H,33,37). The molecular weight excluding hydrogens is 474 g/mol. The summed E-state index contributed by atoms with van der Waals surface area (Å²) in [7, 11) is 1.37. The minimum Gasteiger partial charge on any atom is -0.466 e. The summed E-state index contributed by atoms with van der Waals surface area (Å²) in [5.41, 5.74) is 6.88. The average Bonchev–Trinajstić information content (AvgIpc) is 3.56. The van der Waals surface area contributed by atoms with Crippen LogP contribution in [0.2, 0.25) is 0 Å². The molecule has 1 aliphatic rings. The zero-order valence-corrected chi connectivity index (χ0v) is 21.7. The normalized spacial score (nSPS) is 14.5. The van der Waals surface area contributed by atoms with Gasteiger partial charge in [-0.25, -0.2) is 9.59 Å². The quantitative estimate of drug-likeness (QED) is 0.221. The molecule has 0 fully saturated rings. The molecule has 1 aliphatic carbocycles. The maximum atomic E-state index is 13.6. The van der Waals surface area contributed by atoms with Gasteiger partial charge in [0.1, 0.15) is 0 Å². The molecule has 0 saturated heterocycles. The Morgan fingerprint density at radius 3 is 2.71 bits per heavy atom. The molecule has 0 spiro atoms. The van der Waals surface area contributed by atoms with Gasteiger partial charge in [-0.05, 0) is 65.6 Å². The van der Waals surface area contributed by atoms with E-state index in [2.05, 4.69) is 52.9 Å². The Morgan fingerprint density at radius 2 is 1.87 bits per heavy atom. The molecule has 3 aromatic carbocycles. The van der Waals surface area contributed by atoms with Crippen LogP contribution in [0.25, 0.3) is 17.0 Å². The molecule has 1 heterocycles. The first kappa shape index (κ1) is 25.3. The highest BCUT2D eigenvalue weighted by atomic mass is 16.5. The van der Waals surface area contributed by atoms with Crippen LogP contribution >= 0.6 is 0 Å². The second kappa shape index (κ2) is 11.8. The van der Waals surface area contributed by atoms with E-state index < -0.39 is 0 Å². The number of nitrogens with one attached hydrogen (secondary N) is 2. The number of aromatic amines is 1. The van der Waals surface area contributed by atoms with Crippen molar-refractivity contribution in [3.63, 3.8) is 0 Å². The van der Waals surface area contributed by atoms with Crippen molar-refractivity contribution in [2.75, 3.05) is 20.2 Å². The molecule has 6 heteroatoms. The minimum atomic E-state index is -0.376. The number of carbonyl (C=O) groups is 2. The first-order valence-electron chi connectivity index (χ1n) is 13.1. The van der Waals surface area contributed by atoms with E-state index in [1.165, 1.54) is 40.8 Å². The van der Waals surface area contributed by atoms with Crippen molar-refractivity contribution < 1.29 is 14.3 Å². The van der Waals surface area contributed by atoms with Crippen LogP contribution in [-0.4, -0.2) is 42.1 Å². The summed E-state index contributed by atoms with van der Waals surface area (Å²) >= 11 is 0. The van der Waals surface area contributed by atoms with Gasteiger partial charge in [0.25, 0.3) is 0 Å². The number of rotatable bonds is 9. The van der Waals surface area contributed by atoms with Gasteiger partial charge in [-0.2, -0.15) is 0 Å². The Bertz CT molecular complexity index is 1440. The van der Waals surface area contributed by atoms with Crippen molar-refractivity contribution >= 4 is 29.0 Å². The molecule has 2 amide bonds. The fourth-order valence-corrected chi connectivity index (χ4v) is 5.31. The number of amides is 2. The number of H-pyrrole nitrogens is 1. The number of carbonyl (C=O) groups excluding carboxylic acids is 2. The Kier molecular flexibility index (Phi) is 7.88. The first-order valence-corrected chi connectivity index (χ1v) is 13.1. The third-order valence-corrected chi connectivity index (χ3v) is 7.29. The maximum absolute atomic E-state index is 13.6. The van der Waals surface area contributed by atoms with E-state index in [9.17, 15) is 9.59 Å². The largest absolute Gasteiger partial charge is 0.466 e. The van der Waals surface area contributed by atoms with E-state index in [4.69, 9.17) is 4.74 Å². The smallest absolute Gasteiger partial charge is 0.330 e. The van der Waals surface area contributed by atoms with E-state index in [0.717, 1.165) is 36.8 Å². The third kappa shape index (κ3) is 5.80. The molecule has 0 radical (unpaired) electrons. The van der Waals surface area contributed by atoms with Crippen LogP contribution in [0.1, 0.15) is 40.3 Å². The molecule has 2 N–H and O–H groups in total. The van der Waals surface area contributed by atoms with Gasteiger partial charge in [0.15, 0.2) is 0 Å². The fraction of sp³-hybridized carbons (Fsp3) is 0.250. The van der Waals surface area contributed by atoms with E-state index in [1.807, 2.05) is 41.3 Å². The number of hydrogen-bond acceptors (Lipinski definition) is 3. The number of nitrogens with zero attached hydrogens (tertiary/aromatic N) is 1. The number of fused-ring (bicyclic) bond motifs is 2. The van der Waals surface area contributed by atoms with E-state index >= 15 is 0 Å². The van der Waals surface area contributed by atoms with Gasteiger partial charge in [-0.15, -0.1) is 0 Å². The molecule has 0 aliphatic heterocycles. The minimum absolute atomic E-state index is 0.00516. The number of hydrogen-bond donors (Lipinski definition) is 2. The Labute approximate surface area is 223 Å². The number of urea groups is 1. The maximum Gasteiger partial charge on any atom is 0.330 e. The number of esters is 1. The molecule has 1 unspecified atom stereocenters. The van der Waals surface area contributed by atoms with Crippen molar-refractivity contribution in [3.8, 4) is 0 Å². The Balaban J connectivity index is 1.34. The molecule has 1 atom stereocenters. The molecular formula is C32H33N3O3. The number of methoxy groups -OCH3 is 1. The number of aromatic nitrogens is 1. The van der Waals surface area contributed by atoms with E-state index in [0.29, 0.717) is 13.1 Å². The molecule has 0 bridgehead atoms. The van der Waals surface area contributed by atoms with Gasteiger partial charge in [-0.3, -0.25) is 0 Å². The molecule has 1 aromatic heterocycles. The fourth-order valence-electron chi connectivity index (χ4n) is 5.31. The topological polar surface area (TPSA) is 74.4 Å². The number of para-hydroxylation sites is 1. The van der Waals surface area contributed by atoms with Crippen LogP contribution in [-0.2, 0) is 28.8 Å². The molecule has 6 nitrogen and oxygen atoms in total. The van der Waals surface area contributed by atoms with Crippen molar-refractivity contribution in [1.82, 2.24) is 15.2 Å². The zero-order chi connectivity index (χ0) is 26.3.